The molecule has 14 heavy (non-hydrogen) atoms. The Hall–Kier alpha value is 0.137. The van der Waals surface area contributed by atoms with Crippen LogP contribution in [0.3, 0.4) is 0 Å². The van der Waals surface area contributed by atoms with E-state index in [2.05, 4.69) is 46.9 Å². The fourth-order valence-corrected chi connectivity index (χ4v) is 2.42. The zero-order valence-electron chi connectivity index (χ0n) is 10.9. The van der Waals surface area contributed by atoms with E-state index in [0.717, 1.165) is 17.0 Å². The highest BCUT2D eigenvalue weighted by Gasteiger charge is 2.34. The van der Waals surface area contributed by atoms with Crippen molar-refractivity contribution in [1.82, 2.24) is 5.32 Å². The monoisotopic (exact) mass is 217 g/mol. The molecule has 0 amide bonds. The second-order valence-electron chi connectivity index (χ2n) is 6.17. The van der Waals surface area contributed by atoms with Gasteiger partial charge in [0, 0.05) is 6.54 Å². The normalized spacial score (nSPS) is 13.9. The van der Waals surface area contributed by atoms with Gasteiger partial charge in [0.2, 0.25) is 0 Å². The Morgan fingerprint density at radius 3 is 1.79 bits per heavy atom. The van der Waals surface area contributed by atoms with Crippen LogP contribution in [0.4, 0.5) is 0 Å². The van der Waals surface area contributed by atoms with Crippen LogP contribution >= 0.6 is 0 Å². The van der Waals surface area contributed by atoms with E-state index in [1.165, 1.54) is 0 Å². The van der Waals surface area contributed by atoms with Crippen LogP contribution in [-0.2, 0) is 4.43 Å². The smallest absolute Gasteiger partial charge is 0.147 e. The lowest BCUT2D eigenvalue weighted by molar-refractivity contribution is 0.0941. The van der Waals surface area contributed by atoms with Gasteiger partial charge in [-0.15, -0.1) is 0 Å². The molecule has 0 aliphatic rings. The van der Waals surface area contributed by atoms with Crippen LogP contribution in [-0.4, -0.2) is 23.8 Å². The lowest BCUT2D eigenvalue weighted by Crippen LogP contribution is -2.40. The molecule has 0 saturated heterocycles. The minimum atomic E-state index is 0.344. The van der Waals surface area contributed by atoms with Gasteiger partial charge in [-0.3, -0.25) is 5.32 Å². The number of rotatable bonds is 4. The van der Waals surface area contributed by atoms with Gasteiger partial charge in [-0.05, 0) is 16.7 Å². The first-order valence-corrected chi connectivity index (χ1v) is 6.21. The molecule has 2 nitrogen and oxygen atoms in total. The van der Waals surface area contributed by atoms with Gasteiger partial charge in [-0.2, -0.15) is 0 Å². The summed E-state index contributed by atoms with van der Waals surface area (Å²) in [6, 6.07) is 0. The molecule has 0 heterocycles. The topological polar surface area (TPSA) is 21.3 Å². The summed E-state index contributed by atoms with van der Waals surface area (Å²) < 4.78 is 5.15. The molecule has 86 valence electrons. The second kappa shape index (κ2) is 5.28. The maximum Gasteiger partial charge on any atom is 0.147 e. The van der Waals surface area contributed by atoms with Crippen LogP contribution in [0.1, 0.15) is 41.5 Å². The van der Waals surface area contributed by atoms with E-state index in [-0.39, 0.29) is 0 Å². The molecule has 1 N–H and O–H groups in total. The van der Waals surface area contributed by atoms with Crippen LogP contribution in [0.25, 0.3) is 0 Å². The average Bonchev–Trinajstić information content (AvgIpc) is 1.92. The SMILES string of the molecule is CC(C)(C)C(CNCO[SiH3])C(C)(C)C. The lowest BCUT2D eigenvalue weighted by Gasteiger charge is -2.41. The van der Waals surface area contributed by atoms with Gasteiger partial charge in [0.25, 0.3) is 0 Å². The minimum absolute atomic E-state index is 0.344. The molecule has 0 aromatic rings. The molecule has 0 aromatic heterocycles. The molecule has 0 saturated carbocycles. The zero-order valence-corrected chi connectivity index (χ0v) is 12.9. The summed E-state index contributed by atoms with van der Waals surface area (Å²) in [4.78, 5) is 0. The molecular formula is C11H27NOSi. The third-order valence-corrected chi connectivity index (χ3v) is 2.97. The Bertz CT molecular complexity index is 144. The van der Waals surface area contributed by atoms with Gasteiger partial charge in [0.05, 0.1) is 6.73 Å². The second-order valence-corrected chi connectivity index (χ2v) is 6.75. The Balaban J connectivity index is 4.28. The van der Waals surface area contributed by atoms with Crippen molar-refractivity contribution in [3.05, 3.63) is 0 Å². The fraction of sp³-hybridized carbons (Fsp3) is 1.00. The van der Waals surface area contributed by atoms with Crippen LogP contribution in [0.2, 0.25) is 0 Å². The van der Waals surface area contributed by atoms with Gasteiger partial charge >= 0.3 is 0 Å². The predicted octanol–water partition coefficient (Wildman–Crippen LogP) is 1.54. The van der Waals surface area contributed by atoms with Gasteiger partial charge in [0.15, 0.2) is 0 Å². The van der Waals surface area contributed by atoms with Crippen LogP contribution in [0.5, 0.6) is 0 Å². The summed E-state index contributed by atoms with van der Waals surface area (Å²) in [5, 5.41) is 3.36. The van der Waals surface area contributed by atoms with Crippen molar-refractivity contribution >= 4 is 10.5 Å². The Labute approximate surface area is 92.3 Å². The first-order valence-electron chi connectivity index (χ1n) is 5.39. The molecule has 0 fully saturated rings. The van der Waals surface area contributed by atoms with Gasteiger partial charge < -0.3 is 4.43 Å². The first-order chi connectivity index (χ1) is 6.19. The van der Waals surface area contributed by atoms with Crippen molar-refractivity contribution in [2.45, 2.75) is 41.5 Å². The highest BCUT2D eigenvalue weighted by atomic mass is 28.2. The van der Waals surface area contributed by atoms with E-state index < -0.39 is 0 Å². The molecule has 0 aliphatic heterocycles. The van der Waals surface area contributed by atoms with Crippen molar-refractivity contribution in [2.75, 3.05) is 13.3 Å². The third-order valence-electron chi connectivity index (χ3n) is 2.69. The van der Waals surface area contributed by atoms with E-state index in [0.29, 0.717) is 23.5 Å². The van der Waals surface area contributed by atoms with Crippen molar-refractivity contribution in [3.8, 4) is 0 Å². The highest BCUT2D eigenvalue weighted by Crippen LogP contribution is 2.39. The summed E-state index contributed by atoms with van der Waals surface area (Å²) in [7, 11) is 0.815. The molecule has 0 unspecified atom stereocenters. The molecule has 0 aliphatic carbocycles. The Morgan fingerprint density at radius 2 is 1.50 bits per heavy atom. The summed E-state index contributed by atoms with van der Waals surface area (Å²) >= 11 is 0. The van der Waals surface area contributed by atoms with Crippen molar-refractivity contribution in [1.29, 1.82) is 0 Å². The van der Waals surface area contributed by atoms with E-state index >= 15 is 0 Å². The van der Waals surface area contributed by atoms with Crippen LogP contribution in [0, 0.1) is 16.7 Å². The van der Waals surface area contributed by atoms with E-state index in [1.807, 2.05) is 0 Å². The fourth-order valence-electron chi connectivity index (χ4n) is 2.22. The van der Waals surface area contributed by atoms with Crippen molar-refractivity contribution in [2.24, 2.45) is 16.7 Å². The summed E-state index contributed by atoms with van der Waals surface area (Å²) in [5.41, 5.74) is 0.687. The van der Waals surface area contributed by atoms with Gasteiger partial charge in [-0.25, -0.2) is 0 Å². The van der Waals surface area contributed by atoms with E-state index in [9.17, 15) is 0 Å². The lowest BCUT2D eigenvalue weighted by atomic mass is 9.66. The predicted molar refractivity (Wildman–Crippen MR) is 66.3 cm³/mol. The number of hydrogen-bond donors (Lipinski definition) is 1. The van der Waals surface area contributed by atoms with E-state index in [1.54, 1.807) is 0 Å². The quantitative estimate of drug-likeness (QED) is 0.438. The molecule has 0 rings (SSSR count). The Morgan fingerprint density at radius 1 is 1.07 bits per heavy atom. The molecule has 0 atom stereocenters. The summed E-state index contributed by atoms with van der Waals surface area (Å²) in [5.74, 6) is 0.659. The highest BCUT2D eigenvalue weighted by molar-refractivity contribution is 5.97. The average molecular weight is 217 g/mol. The zero-order chi connectivity index (χ0) is 11.4. The third kappa shape index (κ3) is 5.13. The van der Waals surface area contributed by atoms with Crippen molar-refractivity contribution < 1.29 is 4.43 Å². The molecule has 0 bridgehead atoms. The standard InChI is InChI=1S/C11H27NOSi/c1-10(2,3)9(11(4,5)6)7-12-8-13-14/h9,12H,7-8H2,1-6,14H3. The number of nitrogens with one attached hydrogen (secondary N) is 1. The van der Waals surface area contributed by atoms with Gasteiger partial charge in [-0.1, -0.05) is 41.5 Å². The molecule has 0 spiro atoms. The summed E-state index contributed by atoms with van der Waals surface area (Å²) in [6.07, 6.45) is 0. The van der Waals surface area contributed by atoms with Crippen LogP contribution < -0.4 is 5.32 Å². The molecule has 0 aromatic carbocycles. The first kappa shape index (κ1) is 14.1. The van der Waals surface area contributed by atoms with Crippen LogP contribution in [0.15, 0.2) is 0 Å². The Kier molecular flexibility index (Phi) is 5.34. The maximum absolute atomic E-state index is 5.15. The van der Waals surface area contributed by atoms with Crippen molar-refractivity contribution in [3.63, 3.8) is 0 Å². The number of hydrogen-bond acceptors (Lipinski definition) is 2. The molecule has 0 radical (unpaired) electrons. The maximum atomic E-state index is 5.15. The summed E-state index contributed by atoms with van der Waals surface area (Å²) in [6.45, 7) is 15.6. The van der Waals surface area contributed by atoms with Gasteiger partial charge in [0.1, 0.15) is 10.5 Å². The molecular weight excluding hydrogens is 190 g/mol. The molecule has 3 heteroatoms. The van der Waals surface area contributed by atoms with E-state index in [4.69, 9.17) is 4.43 Å². The minimum Gasteiger partial charge on any atom is -0.415 e. The largest absolute Gasteiger partial charge is 0.415 e.